The maximum absolute atomic E-state index is 5.61. The maximum atomic E-state index is 5.61. The zero-order valence-electron chi connectivity index (χ0n) is 11.0. The summed E-state index contributed by atoms with van der Waals surface area (Å²) in [4.78, 5) is 0. The van der Waals surface area contributed by atoms with Gasteiger partial charge in [0.05, 0.1) is 17.0 Å². The van der Waals surface area contributed by atoms with Crippen LogP contribution < -0.4 is 10.6 Å². The molecule has 0 amide bonds. The van der Waals surface area contributed by atoms with Crippen molar-refractivity contribution >= 4 is 27.3 Å². The van der Waals surface area contributed by atoms with Gasteiger partial charge in [-0.1, -0.05) is 6.42 Å². The summed E-state index contributed by atoms with van der Waals surface area (Å²) >= 11 is 5.28. The summed E-state index contributed by atoms with van der Waals surface area (Å²) < 4.78 is 6.83. The van der Waals surface area contributed by atoms with E-state index in [1.807, 2.05) is 0 Å². The molecule has 1 aromatic rings. The highest BCUT2D eigenvalue weighted by Gasteiger charge is 2.34. The molecule has 0 radical (unpaired) electrons. The molecule has 0 aromatic carbocycles. The number of hydrogen-bond acceptors (Lipinski definition) is 4. The van der Waals surface area contributed by atoms with E-state index in [0.717, 1.165) is 32.2 Å². The molecule has 2 N–H and O–H groups in total. The second-order valence-corrected chi connectivity index (χ2v) is 7.77. The minimum absolute atomic E-state index is 0.544. The molecule has 0 spiro atoms. The average molecular weight is 345 g/mol. The Labute approximate surface area is 127 Å². The largest absolute Gasteiger partial charge is 0.379 e. The Bertz CT molecular complexity index is 406. The van der Waals surface area contributed by atoms with Gasteiger partial charge in [-0.15, -0.1) is 11.3 Å². The van der Waals surface area contributed by atoms with Gasteiger partial charge in [-0.05, 0) is 51.7 Å². The van der Waals surface area contributed by atoms with E-state index in [1.54, 1.807) is 11.3 Å². The van der Waals surface area contributed by atoms with E-state index in [4.69, 9.17) is 4.74 Å². The third-order valence-electron chi connectivity index (χ3n) is 4.23. The van der Waals surface area contributed by atoms with Gasteiger partial charge in [0, 0.05) is 25.2 Å². The van der Waals surface area contributed by atoms with E-state index in [-0.39, 0.29) is 0 Å². The summed E-state index contributed by atoms with van der Waals surface area (Å²) in [5, 5.41) is 9.60. The normalized spacial score (nSPS) is 31.7. The number of rotatable bonds is 4. The first kappa shape index (κ1) is 14.0. The number of thiophene rings is 1. The van der Waals surface area contributed by atoms with Gasteiger partial charge in [-0.2, -0.15) is 0 Å². The van der Waals surface area contributed by atoms with Crippen LogP contribution in [0.4, 0.5) is 0 Å². The third kappa shape index (κ3) is 3.58. The van der Waals surface area contributed by atoms with Crippen molar-refractivity contribution in [3.05, 3.63) is 20.8 Å². The second kappa shape index (κ2) is 6.68. The molecule has 19 heavy (non-hydrogen) atoms. The Morgan fingerprint density at radius 2 is 2.42 bits per heavy atom. The van der Waals surface area contributed by atoms with E-state index >= 15 is 0 Å². The first-order valence-corrected chi connectivity index (χ1v) is 8.77. The molecule has 5 heteroatoms. The minimum atomic E-state index is 0.544. The lowest BCUT2D eigenvalue weighted by molar-refractivity contribution is 0.0524. The fourth-order valence-electron chi connectivity index (χ4n) is 3.27. The van der Waals surface area contributed by atoms with Crippen molar-refractivity contribution in [1.82, 2.24) is 10.6 Å². The van der Waals surface area contributed by atoms with E-state index < -0.39 is 0 Å². The molecular formula is C14H21BrN2OS. The van der Waals surface area contributed by atoms with Gasteiger partial charge in [0.25, 0.3) is 0 Å². The zero-order chi connectivity index (χ0) is 13.1. The van der Waals surface area contributed by atoms with E-state index in [2.05, 4.69) is 38.0 Å². The topological polar surface area (TPSA) is 33.3 Å². The lowest BCUT2D eigenvalue weighted by Crippen LogP contribution is -2.50. The van der Waals surface area contributed by atoms with Crippen molar-refractivity contribution in [2.45, 2.75) is 37.9 Å². The van der Waals surface area contributed by atoms with Gasteiger partial charge >= 0.3 is 0 Å². The highest BCUT2D eigenvalue weighted by molar-refractivity contribution is 9.11. The number of morpholine rings is 1. The summed E-state index contributed by atoms with van der Waals surface area (Å²) in [6.07, 6.45) is 3.97. The molecule has 106 valence electrons. The van der Waals surface area contributed by atoms with Crippen LogP contribution in [0.25, 0.3) is 0 Å². The van der Waals surface area contributed by atoms with Crippen molar-refractivity contribution in [2.75, 3.05) is 19.8 Å². The van der Waals surface area contributed by atoms with Crippen LogP contribution in [0.3, 0.4) is 0 Å². The smallest absolute Gasteiger partial charge is 0.0701 e. The molecule has 3 atom stereocenters. The third-order valence-corrected chi connectivity index (χ3v) is 5.78. The Morgan fingerprint density at radius 3 is 3.16 bits per heavy atom. The highest BCUT2D eigenvalue weighted by atomic mass is 79.9. The van der Waals surface area contributed by atoms with Crippen LogP contribution in [-0.2, 0) is 11.3 Å². The number of ether oxygens (including phenoxy) is 1. The highest BCUT2D eigenvalue weighted by Crippen LogP contribution is 2.30. The van der Waals surface area contributed by atoms with E-state index in [0.29, 0.717) is 12.1 Å². The van der Waals surface area contributed by atoms with Crippen molar-refractivity contribution in [1.29, 1.82) is 0 Å². The van der Waals surface area contributed by atoms with Crippen LogP contribution in [0.1, 0.15) is 24.8 Å². The molecule has 3 unspecified atom stereocenters. The minimum Gasteiger partial charge on any atom is -0.379 e. The van der Waals surface area contributed by atoms with Crippen molar-refractivity contribution in [3.63, 3.8) is 0 Å². The molecule has 1 aliphatic heterocycles. The van der Waals surface area contributed by atoms with Crippen LogP contribution in [0.15, 0.2) is 15.2 Å². The molecule has 1 aliphatic carbocycles. The van der Waals surface area contributed by atoms with Crippen molar-refractivity contribution in [3.8, 4) is 0 Å². The van der Waals surface area contributed by atoms with Gasteiger partial charge in [0.15, 0.2) is 0 Å². The fraction of sp³-hybridized carbons (Fsp3) is 0.714. The first-order valence-electron chi connectivity index (χ1n) is 7.10. The van der Waals surface area contributed by atoms with Crippen molar-refractivity contribution < 1.29 is 4.74 Å². The monoisotopic (exact) mass is 344 g/mol. The fourth-order valence-corrected chi connectivity index (χ4v) is 4.48. The number of hydrogen-bond donors (Lipinski definition) is 2. The summed E-state index contributed by atoms with van der Waals surface area (Å²) in [7, 11) is 0. The average Bonchev–Trinajstić information content (AvgIpc) is 3.06. The van der Waals surface area contributed by atoms with E-state index in [9.17, 15) is 0 Å². The molecule has 0 bridgehead atoms. The molecular weight excluding hydrogens is 324 g/mol. The number of halogens is 1. The van der Waals surface area contributed by atoms with Crippen LogP contribution in [0.5, 0.6) is 0 Å². The quantitative estimate of drug-likeness (QED) is 0.880. The molecule has 2 fully saturated rings. The summed E-state index contributed by atoms with van der Waals surface area (Å²) in [6.45, 7) is 3.74. The summed E-state index contributed by atoms with van der Waals surface area (Å²) in [5.41, 5.74) is 1.38. The Balaban J connectivity index is 1.54. The molecule has 1 saturated carbocycles. The molecule has 2 aliphatic rings. The predicted molar refractivity (Wildman–Crippen MR) is 82.6 cm³/mol. The van der Waals surface area contributed by atoms with Crippen molar-refractivity contribution in [2.24, 2.45) is 5.92 Å². The Hall–Kier alpha value is 0.0600. The van der Waals surface area contributed by atoms with Gasteiger partial charge in [-0.25, -0.2) is 0 Å². The molecule has 2 heterocycles. The molecule has 1 saturated heterocycles. The van der Waals surface area contributed by atoms with Gasteiger partial charge in [-0.3, -0.25) is 0 Å². The number of nitrogens with one attached hydrogen (secondary N) is 2. The SMILES string of the molecule is Brc1cc(CNC2CCCC2C2COCCN2)cs1. The molecule has 3 rings (SSSR count). The maximum Gasteiger partial charge on any atom is 0.0701 e. The Morgan fingerprint density at radius 1 is 1.47 bits per heavy atom. The van der Waals surface area contributed by atoms with Gasteiger partial charge in [0.1, 0.15) is 0 Å². The molecule has 1 aromatic heterocycles. The van der Waals surface area contributed by atoms with E-state index in [1.165, 1.54) is 28.6 Å². The predicted octanol–water partition coefficient (Wildman–Crippen LogP) is 2.76. The van der Waals surface area contributed by atoms with Crippen LogP contribution >= 0.6 is 27.3 Å². The first-order chi connectivity index (χ1) is 9.33. The lowest BCUT2D eigenvalue weighted by Gasteiger charge is -2.33. The van der Waals surface area contributed by atoms with Crippen LogP contribution in [0.2, 0.25) is 0 Å². The van der Waals surface area contributed by atoms with Crippen LogP contribution in [-0.4, -0.2) is 31.8 Å². The Kier molecular flexibility index (Phi) is 4.92. The van der Waals surface area contributed by atoms with Gasteiger partial charge < -0.3 is 15.4 Å². The summed E-state index contributed by atoms with van der Waals surface area (Å²) in [6, 6.07) is 3.39. The van der Waals surface area contributed by atoms with Crippen LogP contribution in [0, 0.1) is 5.92 Å². The molecule has 3 nitrogen and oxygen atoms in total. The lowest BCUT2D eigenvalue weighted by atomic mass is 9.94. The zero-order valence-corrected chi connectivity index (χ0v) is 13.4. The standard InChI is InChI=1S/C14H21BrN2OS/c15-14-6-10(9-19-14)7-17-12-3-1-2-11(12)13-8-18-5-4-16-13/h6,9,11-13,16-17H,1-5,7-8H2. The second-order valence-electron chi connectivity index (χ2n) is 5.48. The van der Waals surface area contributed by atoms with Gasteiger partial charge in [0.2, 0.25) is 0 Å². The summed E-state index contributed by atoms with van der Waals surface area (Å²) in [5.74, 6) is 0.724.